The number of urea groups is 1. The zero-order chi connectivity index (χ0) is 15.4. The number of carbonyl (C=O) groups is 1. The number of amides is 2. The molecule has 1 heterocycles. The number of rotatable bonds is 3. The summed E-state index contributed by atoms with van der Waals surface area (Å²) in [5.41, 5.74) is 2.17. The highest BCUT2D eigenvalue weighted by Crippen LogP contribution is 2.19. The van der Waals surface area contributed by atoms with Crippen molar-refractivity contribution in [1.82, 2.24) is 9.80 Å². The Morgan fingerprint density at radius 2 is 1.76 bits per heavy atom. The number of anilines is 1. The van der Waals surface area contributed by atoms with Crippen LogP contribution >= 0.6 is 0 Å². The summed E-state index contributed by atoms with van der Waals surface area (Å²) in [4.78, 5) is 16.4. The molecular formula is C17H27N3O. The number of nitrogens with one attached hydrogen (secondary N) is 1. The Kier molecular flexibility index (Phi) is 5.23. The lowest BCUT2D eigenvalue weighted by Crippen LogP contribution is -2.46. The van der Waals surface area contributed by atoms with Crippen LogP contribution < -0.4 is 5.32 Å². The lowest BCUT2D eigenvalue weighted by atomic mass is 10.0. The number of hydrogen-bond donors (Lipinski definition) is 1. The second kappa shape index (κ2) is 6.94. The minimum Gasteiger partial charge on any atom is -0.324 e. The van der Waals surface area contributed by atoms with Crippen molar-refractivity contribution in [3.8, 4) is 0 Å². The highest BCUT2D eigenvalue weighted by molar-refractivity contribution is 5.89. The minimum absolute atomic E-state index is 0.0181. The van der Waals surface area contributed by atoms with Gasteiger partial charge < -0.3 is 15.1 Å². The smallest absolute Gasteiger partial charge is 0.321 e. The van der Waals surface area contributed by atoms with Gasteiger partial charge in [0.25, 0.3) is 0 Å². The molecule has 1 fully saturated rings. The van der Waals surface area contributed by atoms with Gasteiger partial charge in [0, 0.05) is 24.8 Å². The molecule has 4 heteroatoms. The van der Waals surface area contributed by atoms with Gasteiger partial charge in [-0.05, 0) is 50.6 Å². The van der Waals surface area contributed by atoms with Crippen molar-refractivity contribution in [3.63, 3.8) is 0 Å². The van der Waals surface area contributed by atoms with Crippen molar-refractivity contribution < 1.29 is 4.79 Å². The van der Waals surface area contributed by atoms with Gasteiger partial charge in [0.15, 0.2) is 0 Å². The van der Waals surface area contributed by atoms with Crippen molar-refractivity contribution in [1.29, 1.82) is 0 Å². The SMILES string of the molecule is CC(C)c1ccc(NC(=O)N2CCC(N(C)C)CC2)cc1. The fraction of sp³-hybridized carbons (Fsp3) is 0.588. The van der Waals surface area contributed by atoms with Crippen molar-refractivity contribution in [2.75, 3.05) is 32.5 Å². The van der Waals surface area contributed by atoms with Gasteiger partial charge in [-0.15, -0.1) is 0 Å². The number of piperidine rings is 1. The summed E-state index contributed by atoms with van der Waals surface area (Å²) in [6, 6.07) is 8.75. The van der Waals surface area contributed by atoms with Crippen LogP contribution in [0.2, 0.25) is 0 Å². The van der Waals surface area contributed by atoms with E-state index in [-0.39, 0.29) is 6.03 Å². The molecule has 4 nitrogen and oxygen atoms in total. The number of carbonyl (C=O) groups excluding carboxylic acids is 1. The summed E-state index contributed by atoms with van der Waals surface area (Å²) >= 11 is 0. The van der Waals surface area contributed by atoms with Crippen LogP contribution in [0.1, 0.15) is 38.2 Å². The molecule has 1 aromatic carbocycles. The zero-order valence-electron chi connectivity index (χ0n) is 13.6. The molecule has 116 valence electrons. The van der Waals surface area contributed by atoms with Crippen LogP contribution in [0.4, 0.5) is 10.5 Å². The molecule has 0 unspecified atom stereocenters. The van der Waals surface area contributed by atoms with Gasteiger partial charge in [-0.2, -0.15) is 0 Å². The van der Waals surface area contributed by atoms with E-state index < -0.39 is 0 Å². The summed E-state index contributed by atoms with van der Waals surface area (Å²) in [5.74, 6) is 0.514. The Balaban J connectivity index is 1.87. The average Bonchev–Trinajstić information content (AvgIpc) is 2.47. The molecule has 2 rings (SSSR count). The number of hydrogen-bond acceptors (Lipinski definition) is 2. The van der Waals surface area contributed by atoms with Crippen LogP contribution in [0, 0.1) is 0 Å². The third-order valence-corrected chi connectivity index (χ3v) is 4.31. The maximum atomic E-state index is 12.3. The molecule has 0 spiro atoms. The Morgan fingerprint density at radius 1 is 1.19 bits per heavy atom. The maximum Gasteiger partial charge on any atom is 0.321 e. The van der Waals surface area contributed by atoms with Crippen LogP contribution in [-0.4, -0.2) is 49.1 Å². The summed E-state index contributed by atoms with van der Waals surface area (Å²) in [6.07, 6.45) is 2.10. The second-order valence-corrected chi connectivity index (χ2v) is 6.39. The lowest BCUT2D eigenvalue weighted by Gasteiger charge is -2.35. The predicted octanol–water partition coefficient (Wildman–Crippen LogP) is 3.37. The number of likely N-dealkylation sites (tertiary alicyclic amines) is 1. The molecule has 0 atom stereocenters. The zero-order valence-corrected chi connectivity index (χ0v) is 13.6. The lowest BCUT2D eigenvalue weighted by molar-refractivity contribution is 0.156. The highest BCUT2D eigenvalue weighted by atomic mass is 16.2. The van der Waals surface area contributed by atoms with Crippen molar-refractivity contribution in [3.05, 3.63) is 29.8 Å². The first-order valence-corrected chi connectivity index (χ1v) is 7.79. The Morgan fingerprint density at radius 3 is 2.24 bits per heavy atom. The Hall–Kier alpha value is -1.55. The molecule has 0 saturated carbocycles. The molecule has 1 aliphatic heterocycles. The third kappa shape index (κ3) is 4.21. The standard InChI is InChI=1S/C17H27N3O/c1-13(2)14-5-7-15(8-6-14)18-17(21)20-11-9-16(10-12-20)19(3)4/h5-8,13,16H,9-12H2,1-4H3,(H,18,21). The minimum atomic E-state index is 0.0181. The summed E-state index contributed by atoms with van der Waals surface area (Å²) in [6.45, 7) is 6.00. The van der Waals surface area contributed by atoms with E-state index in [0.717, 1.165) is 31.6 Å². The number of benzene rings is 1. The maximum absolute atomic E-state index is 12.3. The van der Waals surface area contributed by atoms with Crippen LogP contribution in [0.25, 0.3) is 0 Å². The van der Waals surface area contributed by atoms with E-state index in [4.69, 9.17) is 0 Å². The van der Waals surface area contributed by atoms with Gasteiger partial charge in [0.2, 0.25) is 0 Å². The van der Waals surface area contributed by atoms with E-state index in [1.165, 1.54) is 5.56 Å². The van der Waals surface area contributed by atoms with E-state index in [1.807, 2.05) is 17.0 Å². The van der Waals surface area contributed by atoms with Gasteiger partial charge in [0.05, 0.1) is 0 Å². The van der Waals surface area contributed by atoms with Gasteiger partial charge in [-0.25, -0.2) is 4.79 Å². The Labute approximate surface area is 128 Å². The Bertz CT molecular complexity index is 459. The van der Waals surface area contributed by atoms with Crippen molar-refractivity contribution in [2.24, 2.45) is 0 Å². The number of nitrogens with zero attached hydrogens (tertiary/aromatic N) is 2. The molecule has 0 aromatic heterocycles. The largest absolute Gasteiger partial charge is 0.324 e. The monoisotopic (exact) mass is 289 g/mol. The quantitative estimate of drug-likeness (QED) is 0.926. The molecule has 0 radical (unpaired) electrons. The first kappa shape index (κ1) is 15.8. The molecule has 1 aliphatic rings. The van der Waals surface area contributed by atoms with Gasteiger partial charge in [-0.3, -0.25) is 0 Å². The fourth-order valence-electron chi connectivity index (χ4n) is 2.74. The van der Waals surface area contributed by atoms with Crippen LogP contribution in [-0.2, 0) is 0 Å². The summed E-state index contributed by atoms with van der Waals surface area (Å²) in [7, 11) is 4.22. The predicted molar refractivity (Wildman–Crippen MR) is 87.8 cm³/mol. The van der Waals surface area contributed by atoms with E-state index in [1.54, 1.807) is 0 Å². The third-order valence-electron chi connectivity index (χ3n) is 4.31. The molecule has 1 saturated heterocycles. The summed E-state index contributed by atoms with van der Waals surface area (Å²) in [5, 5.41) is 3.00. The highest BCUT2D eigenvalue weighted by Gasteiger charge is 2.23. The van der Waals surface area contributed by atoms with Crippen molar-refractivity contribution in [2.45, 2.75) is 38.6 Å². The first-order chi connectivity index (χ1) is 9.97. The first-order valence-electron chi connectivity index (χ1n) is 7.79. The molecule has 0 aliphatic carbocycles. The molecular weight excluding hydrogens is 262 g/mol. The average molecular weight is 289 g/mol. The normalized spacial score (nSPS) is 16.6. The molecule has 2 amide bonds. The second-order valence-electron chi connectivity index (χ2n) is 6.39. The van der Waals surface area contributed by atoms with E-state index in [0.29, 0.717) is 12.0 Å². The van der Waals surface area contributed by atoms with E-state index in [9.17, 15) is 4.79 Å². The van der Waals surface area contributed by atoms with E-state index in [2.05, 4.69) is 50.3 Å². The van der Waals surface area contributed by atoms with Crippen LogP contribution in [0.5, 0.6) is 0 Å². The fourth-order valence-corrected chi connectivity index (χ4v) is 2.74. The van der Waals surface area contributed by atoms with Gasteiger partial charge in [0.1, 0.15) is 0 Å². The van der Waals surface area contributed by atoms with Gasteiger partial charge in [-0.1, -0.05) is 26.0 Å². The van der Waals surface area contributed by atoms with Crippen LogP contribution in [0.15, 0.2) is 24.3 Å². The van der Waals surface area contributed by atoms with Crippen molar-refractivity contribution >= 4 is 11.7 Å². The van der Waals surface area contributed by atoms with Gasteiger partial charge >= 0.3 is 6.03 Å². The van der Waals surface area contributed by atoms with Crippen LogP contribution in [0.3, 0.4) is 0 Å². The summed E-state index contributed by atoms with van der Waals surface area (Å²) < 4.78 is 0. The molecule has 1 N–H and O–H groups in total. The van der Waals surface area contributed by atoms with E-state index >= 15 is 0 Å². The molecule has 1 aromatic rings. The molecule has 0 bridgehead atoms. The molecule has 21 heavy (non-hydrogen) atoms. The topological polar surface area (TPSA) is 35.6 Å².